The highest BCUT2D eigenvalue weighted by molar-refractivity contribution is 9.11. The van der Waals surface area contributed by atoms with Crippen LogP contribution in [0.2, 0.25) is 0 Å². The van der Waals surface area contributed by atoms with E-state index in [1.807, 2.05) is 13.0 Å². The van der Waals surface area contributed by atoms with E-state index in [0.29, 0.717) is 0 Å². The minimum Gasteiger partial charge on any atom is -0.369 e. The first-order valence-corrected chi connectivity index (χ1v) is 6.40. The highest BCUT2D eigenvalue weighted by Crippen LogP contribution is 2.26. The van der Waals surface area contributed by atoms with Crippen molar-refractivity contribution in [2.75, 3.05) is 0 Å². The van der Waals surface area contributed by atoms with Crippen LogP contribution in [-0.2, 0) is 10.5 Å². The van der Waals surface area contributed by atoms with Gasteiger partial charge >= 0.3 is 0 Å². The average molecular weight is 280 g/mol. The van der Waals surface area contributed by atoms with Crippen LogP contribution in [0.4, 0.5) is 0 Å². The summed E-state index contributed by atoms with van der Waals surface area (Å²) in [7, 11) is 0. The fourth-order valence-electron chi connectivity index (χ4n) is 0.719. The maximum absolute atomic E-state index is 10.7. The summed E-state index contributed by atoms with van der Waals surface area (Å²) in [5.41, 5.74) is 5.14. The Balaban J connectivity index is 2.39. The van der Waals surface area contributed by atoms with Crippen LogP contribution in [0.3, 0.4) is 0 Å². The van der Waals surface area contributed by atoms with Crippen molar-refractivity contribution in [1.29, 1.82) is 0 Å². The average Bonchev–Trinajstić information content (AvgIpc) is 2.47. The summed E-state index contributed by atoms with van der Waals surface area (Å²) in [5, 5.41) is -0.110. The summed E-state index contributed by atoms with van der Waals surface area (Å²) >= 11 is 6.64. The largest absolute Gasteiger partial charge is 0.369 e. The van der Waals surface area contributed by atoms with Gasteiger partial charge in [0, 0.05) is 10.6 Å². The molecule has 13 heavy (non-hydrogen) atoms. The predicted molar refractivity (Wildman–Crippen MR) is 62.0 cm³/mol. The first kappa shape index (κ1) is 11.1. The van der Waals surface area contributed by atoms with Gasteiger partial charge < -0.3 is 5.73 Å². The van der Waals surface area contributed by atoms with Gasteiger partial charge in [0.05, 0.1) is 9.04 Å². The van der Waals surface area contributed by atoms with Crippen LogP contribution < -0.4 is 5.73 Å². The summed E-state index contributed by atoms with van der Waals surface area (Å²) in [6.07, 6.45) is 0. The number of thiophene rings is 1. The Morgan fingerprint density at radius 1 is 1.77 bits per heavy atom. The van der Waals surface area contributed by atoms with E-state index in [-0.39, 0.29) is 11.2 Å². The second-order valence-electron chi connectivity index (χ2n) is 2.56. The van der Waals surface area contributed by atoms with Gasteiger partial charge in [0.2, 0.25) is 5.91 Å². The Bertz CT molecular complexity index is 300. The van der Waals surface area contributed by atoms with E-state index in [2.05, 4.69) is 22.0 Å². The zero-order valence-corrected chi connectivity index (χ0v) is 10.3. The molecule has 0 saturated carbocycles. The van der Waals surface area contributed by atoms with Crippen molar-refractivity contribution in [3.8, 4) is 0 Å². The molecule has 2 nitrogen and oxygen atoms in total. The molecule has 0 aliphatic carbocycles. The fourth-order valence-corrected chi connectivity index (χ4v) is 3.11. The molecule has 1 heterocycles. The second kappa shape index (κ2) is 5.02. The van der Waals surface area contributed by atoms with E-state index in [9.17, 15) is 4.79 Å². The third kappa shape index (κ3) is 3.70. The zero-order valence-electron chi connectivity index (χ0n) is 7.12. The van der Waals surface area contributed by atoms with Crippen LogP contribution in [0.5, 0.6) is 0 Å². The van der Waals surface area contributed by atoms with Crippen molar-refractivity contribution in [2.45, 2.75) is 17.9 Å². The molecule has 1 unspecified atom stereocenters. The number of primary amides is 1. The number of rotatable bonds is 4. The number of thioether (sulfide) groups is 1. The van der Waals surface area contributed by atoms with Crippen molar-refractivity contribution >= 4 is 44.9 Å². The lowest BCUT2D eigenvalue weighted by Crippen LogP contribution is -2.22. The number of carbonyl (C=O) groups excluding carboxylic acids is 1. The van der Waals surface area contributed by atoms with Crippen LogP contribution in [0.1, 0.15) is 11.8 Å². The molecule has 0 spiro atoms. The van der Waals surface area contributed by atoms with Crippen LogP contribution in [0.25, 0.3) is 0 Å². The number of halogens is 1. The van der Waals surface area contributed by atoms with Crippen molar-refractivity contribution in [3.63, 3.8) is 0 Å². The monoisotopic (exact) mass is 279 g/mol. The zero-order chi connectivity index (χ0) is 9.84. The summed E-state index contributed by atoms with van der Waals surface area (Å²) in [5.74, 6) is 0.598. The molecule has 0 bridgehead atoms. The third-order valence-corrected chi connectivity index (χ3v) is 4.52. The van der Waals surface area contributed by atoms with E-state index in [1.165, 1.54) is 4.88 Å². The Kier molecular flexibility index (Phi) is 4.28. The number of hydrogen-bond donors (Lipinski definition) is 1. The van der Waals surface area contributed by atoms with Crippen molar-refractivity contribution in [1.82, 2.24) is 0 Å². The van der Waals surface area contributed by atoms with Gasteiger partial charge in [-0.3, -0.25) is 4.79 Å². The smallest absolute Gasteiger partial charge is 0.230 e. The molecule has 0 radical (unpaired) electrons. The molecule has 72 valence electrons. The van der Waals surface area contributed by atoms with E-state index >= 15 is 0 Å². The molecule has 1 aromatic rings. The second-order valence-corrected chi connectivity index (χ2v) is 6.44. The Hall–Kier alpha value is -0.000000000000000111. The number of hydrogen-bond acceptors (Lipinski definition) is 3. The van der Waals surface area contributed by atoms with E-state index in [4.69, 9.17) is 5.73 Å². The molecule has 0 aromatic carbocycles. The fraction of sp³-hybridized carbons (Fsp3) is 0.375. The summed E-state index contributed by atoms with van der Waals surface area (Å²) in [6, 6.07) is 4.06. The maximum atomic E-state index is 10.7. The van der Waals surface area contributed by atoms with Gasteiger partial charge in [-0.2, -0.15) is 0 Å². The first-order valence-electron chi connectivity index (χ1n) is 3.74. The molecular formula is C8H10BrNOS2. The van der Waals surface area contributed by atoms with Crippen LogP contribution in [0.15, 0.2) is 15.9 Å². The minimum absolute atomic E-state index is 0.110. The van der Waals surface area contributed by atoms with Gasteiger partial charge in [0.1, 0.15) is 0 Å². The molecular weight excluding hydrogens is 270 g/mol. The lowest BCUT2D eigenvalue weighted by Gasteiger charge is -2.04. The molecule has 2 N–H and O–H groups in total. The van der Waals surface area contributed by atoms with E-state index in [0.717, 1.165) is 9.54 Å². The number of nitrogens with two attached hydrogens (primary N) is 1. The van der Waals surface area contributed by atoms with Gasteiger partial charge in [0.25, 0.3) is 0 Å². The topological polar surface area (TPSA) is 43.1 Å². The maximum Gasteiger partial charge on any atom is 0.230 e. The molecule has 0 aliphatic heterocycles. The van der Waals surface area contributed by atoms with E-state index in [1.54, 1.807) is 23.1 Å². The quantitative estimate of drug-likeness (QED) is 0.921. The van der Waals surface area contributed by atoms with Crippen molar-refractivity contribution in [3.05, 3.63) is 20.8 Å². The summed E-state index contributed by atoms with van der Waals surface area (Å²) in [6.45, 7) is 1.83. The lowest BCUT2D eigenvalue weighted by molar-refractivity contribution is -0.117. The predicted octanol–water partition coefficient (Wildman–Crippen LogP) is 2.62. The van der Waals surface area contributed by atoms with Crippen LogP contribution >= 0.6 is 39.0 Å². The first-order chi connectivity index (χ1) is 6.09. The van der Waals surface area contributed by atoms with Gasteiger partial charge in [0.15, 0.2) is 0 Å². The highest BCUT2D eigenvalue weighted by Gasteiger charge is 2.09. The Labute approximate surface area is 94.0 Å². The SMILES string of the molecule is CC(SCc1ccc(Br)s1)C(N)=O. The summed E-state index contributed by atoms with van der Waals surface area (Å²) in [4.78, 5) is 12.0. The molecule has 1 aromatic heterocycles. The molecule has 1 atom stereocenters. The standard InChI is InChI=1S/C8H10BrNOS2/c1-5(8(10)11)12-4-6-2-3-7(9)13-6/h2-3,5H,4H2,1H3,(H2,10,11). The van der Waals surface area contributed by atoms with Gasteiger partial charge in [-0.15, -0.1) is 23.1 Å². The summed E-state index contributed by atoms with van der Waals surface area (Å²) < 4.78 is 1.12. The molecule has 1 rings (SSSR count). The molecule has 0 fully saturated rings. The Morgan fingerprint density at radius 3 is 2.92 bits per heavy atom. The molecule has 5 heteroatoms. The molecule has 0 saturated heterocycles. The van der Waals surface area contributed by atoms with Crippen LogP contribution in [-0.4, -0.2) is 11.2 Å². The van der Waals surface area contributed by atoms with E-state index < -0.39 is 0 Å². The molecule has 0 aliphatic rings. The Morgan fingerprint density at radius 2 is 2.46 bits per heavy atom. The minimum atomic E-state index is -0.249. The van der Waals surface area contributed by atoms with Crippen molar-refractivity contribution in [2.24, 2.45) is 5.73 Å². The van der Waals surface area contributed by atoms with Gasteiger partial charge in [-0.05, 0) is 35.0 Å². The normalized spacial score (nSPS) is 12.8. The third-order valence-electron chi connectivity index (χ3n) is 1.51. The van der Waals surface area contributed by atoms with Crippen LogP contribution in [0, 0.1) is 0 Å². The van der Waals surface area contributed by atoms with Gasteiger partial charge in [-0.1, -0.05) is 0 Å². The van der Waals surface area contributed by atoms with Gasteiger partial charge in [-0.25, -0.2) is 0 Å². The number of carbonyl (C=O) groups is 1. The highest BCUT2D eigenvalue weighted by atomic mass is 79.9. The lowest BCUT2D eigenvalue weighted by atomic mass is 10.5. The van der Waals surface area contributed by atoms with Crippen molar-refractivity contribution < 1.29 is 4.79 Å². The number of amides is 1. The molecule has 1 amide bonds.